The lowest BCUT2D eigenvalue weighted by Crippen LogP contribution is -2.49. The number of piperazine rings is 1. The van der Waals surface area contributed by atoms with Crippen molar-refractivity contribution in [1.82, 2.24) is 14.6 Å². The highest BCUT2D eigenvalue weighted by Crippen LogP contribution is 2.22. The number of carbonyl (C=O) groups excluding carboxylic acids is 1. The van der Waals surface area contributed by atoms with Crippen LogP contribution in [0.25, 0.3) is 0 Å². The van der Waals surface area contributed by atoms with Crippen LogP contribution in [-0.2, 0) is 16.6 Å². The molecule has 0 saturated carbocycles. The van der Waals surface area contributed by atoms with E-state index in [4.69, 9.17) is 4.42 Å². The maximum Gasteiger partial charge on any atom is 0.289 e. The molecule has 1 saturated heterocycles. The quantitative estimate of drug-likeness (QED) is 0.627. The van der Waals surface area contributed by atoms with E-state index in [1.54, 1.807) is 47.6 Å². The average Bonchev–Trinajstić information content (AvgIpc) is 3.30. The van der Waals surface area contributed by atoms with Gasteiger partial charge in [-0.3, -0.25) is 9.78 Å². The fourth-order valence-electron chi connectivity index (χ4n) is 3.35. The number of halogens is 1. The summed E-state index contributed by atoms with van der Waals surface area (Å²) in [6, 6.07) is 12.6. The predicted molar refractivity (Wildman–Crippen MR) is 111 cm³/mol. The Morgan fingerprint density at radius 1 is 1.06 bits per heavy atom. The summed E-state index contributed by atoms with van der Waals surface area (Å²) in [6.45, 7) is 1.72. The fourth-order valence-corrected chi connectivity index (χ4v) is 4.29. The smallest absolute Gasteiger partial charge is 0.289 e. The SMILES string of the molecule is O=C(c1ccc(S(=O)(=O)NCc2cccnc2)o1)N1CCN(c2ccccc2F)CC1. The fraction of sp³-hybridized carbons (Fsp3) is 0.238. The highest BCUT2D eigenvalue weighted by molar-refractivity contribution is 7.89. The number of nitrogens with one attached hydrogen (secondary N) is 1. The number of aromatic nitrogens is 1. The molecule has 3 heterocycles. The Labute approximate surface area is 179 Å². The second-order valence-electron chi connectivity index (χ2n) is 7.04. The number of furan rings is 1. The lowest BCUT2D eigenvalue weighted by molar-refractivity contribution is 0.0708. The lowest BCUT2D eigenvalue weighted by atomic mass is 10.2. The van der Waals surface area contributed by atoms with Gasteiger partial charge in [-0.1, -0.05) is 18.2 Å². The van der Waals surface area contributed by atoms with Crippen molar-refractivity contribution in [2.24, 2.45) is 0 Å². The molecular weight excluding hydrogens is 423 g/mol. The molecule has 2 aromatic heterocycles. The van der Waals surface area contributed by atoms with Gasteiger partial charge in [0.15, 0.2) is 5.76 Å². The first-order chi connectivity index (χ1) is 14.9. The van der Waals surface area contributed by atoms with Crippen LogP contribution in [0.3, 0.4) is 0 Å². The average molecular weight is 444 g/mol. The van der Waals surface area contributed by atoms with Gasteiger partial charge >= 0.3 is 0 Å². The summed E-state index contributed by atoms with van der Waals surface area (Å²) in [4.78, 5) is 20.1. The van der Waals surface area contributed by atoms with Crippen LogP contribution in [0, 0.1) is 5.82 Å². The van der Waals surface area contributed by atoms with E-state index in [0.717, 1.165) is 0 Å². The molecule has 162 valence electrons. The molecular formula is C21H21FN4O4S. The van der Waals surface area contributed by atoms with E-state index in [0.29, 0.717) is 37.4 Å². The Bertz CT molecular complexity index is 1160. The van der Waals surface area contributed by atoms with Crippen LogP contribution in [0.4, 0.5) is 10.1 Å². The van der Waals surface area contributed by atoms with Crippen LogP contribution in [0.2, 0.25) is 0 Å². The van der Waals surface area contributed by atoms with Gasteiger partial charge in [0.1, 0.15) is 5.82 Å². The molecule has 0 spiro atoms. The standard InChI is InChI=1S/C21H21FN4O4S/c22-17-5-1-2-6-18(17)25-10-12-26(13-11-25)21(27)19-7-8-20(30-19)31(28,29)24-15-16-4-3-9-23-14-16/h1-9,14,24H,10-13,15H2. The number of benzene rings is 1. The Balaban J connectivity index is 1.38. The monoisotopic (exact) mass is 444 g/mol. The van der Waals surface area contributed by atoms with Gasteiger partial charge in [0, 0.05) is 45.1 Å². The number of carbonyl (C=O) groups is 1. The molecule has 10 heteroatoms. The summed E-state index contributed by atoms with van der Waals surface area (Å²) in [5, 5.41) is -0.329. The summed E-state index contributed by atoms with van der Waals surface area (Å²) in [5.41, 5.74) is 1.20. The summed E-state index contributed by atoms with van der Waals surface area (Å²) in [6.07, 6.45) is 3.15. The summed E-state index contributed by atoms with van der Waals surface area (Å²) < 4.78 is 46.7. The number of pyridine rings is 1. The Morgan fingerprint density at radius 3 is 2.55 bits per heavy atom. The number of sulfonamides is 1. The van der Waals surface area contributed by atoms with E-state index >= 15 is 0 Å². The molecule has 31 heavy (non-hydrogen) atoms. The molecule has 1 aliphatic rings. The van der Waals surface area contributed by atoms with Gasteiger partial charge in [-0.25, -0.2) is 17.5 Å². The van der Waals surface area contributed by atoms with Crippen molar-refractivity contribution in [3.8, 4) is 0 Å². The number of anilines is 1. The molecule has 1 N–H and O–H groups in total. The van der Waals surface area contributed by atoms with Crippen molar-refractivity contribution in [3.05, 3.63) is 78.1 Å². The van der Waals surface area contributed by atoms with Gasteiger partial charge in [0.2, 0.25) is 5.09 Å². The van der Waals surface area contributed by atoms with Crippen LogP contribution in [0.5, 0.6) is 0 Å². The van der Waals surface area contributed by atoms with Gasteiger partial charge in [-0.15, -0.1) is 0 Å². The highest BCUT2D eigenvalue weighted by atomic mass is 32.2. The van der Waals surface area contributed by atoms with E-state index in [1.165, 1.54) is 18.2 Å². The molecule has 0 radical (unpaired) electrons. The molecule has 1 aliphatic heterocycles. The topological polar surface area (TPSA) is 95.7 Å². The minimum absolute atomic E-state index is 0.0537. The van der Waals surface area contributed by atoms with Crippen LogP contribution in [0.15, 0.2) is 70.4 Å². The van der Waals surface area contributed by atoms with Crippen LogP contribution in [-0.4, -0.2) is 50.4 Å². The zero-order chi connectivity index (χ0) is 21.8. The third-order valence-electron chi connectivity index (χ3n) is 5.01. The van der Waals surface area contributed by atoms with Crippen molar-refractivity contribution < 1.29 is 22.0 Å². The lowest BCUT2D eigenvalue weighted by Gasteiger charge is -2.35. The minimum atomic E-state index is -3.92. The first-order valence-corrected chi connectivity index (χ1v) is 11.2. The molecule has 0 unspecified atom stereocenters. The highest BCUT2D eigenvalue weighted by Gasteiger charge is 2.27. The molecule has 1 fully saturated rings. The molecule has 1 aromatic carbocycles. The van der Waals surface area contributed by atoms with Crippen molar-refractivity contribution in [2.75, 3.05) is 31.1 Å². The summed E-state index contributed by atoms with van der Waals surface area (Å²) in [7, 11) is -3.92. The molecule has 0 aliphatic carbocycles. The van der Waals surface area contributed by atoms with Crippen LogP contribution >= 0.6 is 0 Å². The van der Waals surface area contributed by atoms with Gasteiger partial charge in [0.25, 0.3) is 15.9 Å². The molecule has 1 amide bonds. The van der Waals surface area contributed by atoms with Gasteiger partial charge < -0.3 is 14.2 Å². The zero-order valence-electron chi connectivity index (χ0n) is 16.6. The van der Waals surface area contributed by atoms with Gasteiger partial charge in [-0.2, -0.15) is 0 Å². The number of amides is 1. The molecule has 3 aromatic rings. The second kappa shape index (κ2) is 8.86. The van der Waals surface area contributed by atoms with E-state index in [9.17, 15) is 17.6 Å². The number of hydrogen-bond acceptors (Lipinski definition) is 6. The van der Waals surface area contributed by atoms with Gasteiger partial charge in [-0.05, 0) is 35.9 Å². The normalized spacial score (nSPS) is 14.6. The molecule has 0 bridgehead atoms. The van der Waals surface area contributed by atoms with Crippen molar-refractivity contribution in [2.45, 2.75) is 11.6 Å². The molecule has 0 atom stereocenters. The Morgan fingerprint density at radius 2 is 1.84 bits per heavy atom. The minimum Gasteiger partial charge on any atom is -0.438 e. The number of rotatable bonds is 6. The third-order valence-corrected chi connectivity index (χ3v) is 6.28. The van der Waals surface area contributed by atoms with Crippen molar-refractivity contribution in [1.29, 1.82) is 0 Å². The predicted octanol–water partition coefficient (Wildman–Crippen LogP) is 2.25. The number of para-hydroxylation sites is 1. The Hall–Kier alpha value is -3.24. The maximum atomic E-state index is 14.0. The number of nitrogens with zero attached hydrogens (tertiary/aromatic N) is 3. The number of hydrogen-bond donors (Lipinski definition) is 1. The van der Waals surface area contributed by atoms with E-state index in [1.807, 2.05) is 4.90 Å². The molecule has 8 nitrogen and oxygen atoms in total. The largest absolute Gasteiger partial charge is 0.438 e. The maximum absolute atomic E-state index is 14.0. The summed E-state index contributed by atoms with van der Waals surface area (Å²) in [5.74, 6) is -0.759. The van der Waals surface area contributed by atoms with E-state index < -0.39 is 15.9 Å². The first kappa shape index (κ1) is 21.0. The summed E-state index contributed by atoms with van der Waals surface area (Å²) >= 11 is 0. The van der Waals surface area contributed by atoms with Crippen molar-refractivity contribution >= 4 is 21.6 Å². The zero-order valence-corrected chi connectivity index (χ0v) is 17.4. The van der Waals surface area contributed by atoms with E-state index in [-0.39, 0.29) is 23.2 Å². The second-order valence-corrected chi connectivity index (χ2v) is 8.73. The van der Waals surface area contributed by atoms with Crippen LogP contribution < -0.4 is 9.62 Å². The third kappa shape index (κ3) is 4.75. The first-order valence-electron chi connectivity index (χ1n) is 9.71. The van der Waals surface area contributed by atoms with Crippen molar-refractivity contribution in [3.63, 3.8) is 0 Å². The van der Waals surface area contributed by atoms with Gasteiger partial charge in [0.05, 0.1) is 5.69 Å². The van der Waals surface area contributed by atoms with E-state index in [2.05, 4.69) is 9.71 Å². The molecule has 4 rings (SSSR count). The van der Waals surface area contributed by atoms with Crippen LogP contribution in [0.1, 0.15) is 16.1 Å². The Kier molecular flexibility index (Phi) is 6.01.